The highest BCUT2D eigenvalue weighted by Gasteiger charge is 2.33. The van der Waals surface area contributed by atoms with Crippen LogP contribution in [0.2, 0.25) is 0 Å². The molecule has 0 aliphatic heterocycles. The third kappa shape index (κ3) is 2.61. The van der Waals surface area contributed by atoms with E-state index in [2.05, 4.69) is 24.3 Å². The Bertz CT molecular complexity index is 591. The normalized spacial score (nSPS) is 21.5. The van der Waals surface area contributed by atoms with Crippen LogP contribution in [-0.4, -0.2) is 6.54 Å². The fraction of sp³-hybridized carbons (Fsp3) is 0.333. The first kappa shape index (κ1) is 13.3. The zero-order chi connectivity index (χ0) is 14.0. The Labute approximate surface area is 119 Å². The lowest BCUT2D eigenvalue weighted by atomic mass is 9.68. The third-order valence-corrected chi connectivity index (χ3v) is 4.53. The van der Waals surface area contributed by atoms with Crippen LogP contribution in [0.1, 0.15) is 23.1 Å². The number of fused-ring (bicyclic) bond motifs is 1. The molecule has 2 heteroatoms. The van der Waals surface area contributed by atoms with Crippen molar-refractivity contribution in [3.05, 3.63) is 71.0 Å². The first-order valence-electron chi connectivity index (χ1n) is 7.22. The van der Waals surface area contributed by atoms with Gasteiger partial charge in [-0.15, -0.1) is 0 Å². The van der Waals surface area contributed by atoms with E-state index in [1.807, 2.05) is 12.1 Å². The van der Waals surface area contributed by atoms with Gasteiger partial charge >= 0.3 is 0 Å². The summed E-state index contributed by atoms with van der Waals surface area (Å²) in [6, 6.07) is 15.5. The molecule has 20 heavy (non-hydrogen) atoms. The molecular formula is C18H20FN. The Kier molecular flexibility index (Phi) is 3.58. The minimum atomic E-state index is -0.176. The molecule has 0 spiro atoms. The van der Waals surface area contributed by atoms with Crippen molar-refractivity contribution >= 4 is 0 Å². The van der Waals surface area contributed by atoms with Crippen molar-refractivity contribution in [3.8, 4) is 0 Å². The van der Waals surface area contributed by atoms with Crippen LogP contribution in [-0.2, 0) is 19.3 Å². The van der Waals surface area contributed by atoms with E-state index in [1.165, 1.54) is 28.8 Å². The molecule has 104 valence electrons. The first-order valence-corrected chi connectivity index (χ1v) is 7.22. The van der Waals surface area contributed by atoms with Crippen LogP contribution < -0.4 is 5.73 Å². The highest BCUT2D eigenvalue weighted by Crippen LogP contribution is 2.37. The average Bonchev–Trinajstić information content (AvgIpc) is 2.49. The molecule has 2 N–H and O–H groups in total. The predicted octanol–water partition coefficient (Wildman–Crippen LogP) is 3.50. The number of benzene rings is 2. The summed E-state index contributed by atoms with van der Waals surface area (Å²) in [7, 11) is 0. The van der Waals surface area contributed by atoms with Crippen LogP contribution in [0.3, 0.4) is 0 Å². The number of aryl methyl sites for hydroxylation is 1. The molecule has 0 saturated heterocycles. The maximum absolute atomic E-state index is 13.0. The Hall–Kier alpha value is -1.67. The van der Waals surface area contributed by atoms with Crippen LogP contribution in [0.15, 0.2) is 48.5 Å². The lowest BCUT2D eigenvalue weighted by Gasteiger charge is -2.37. The lowest BCUT2D eigenvalue weighted by molar-refractivity contribution is 0.254. The summed E-state index contributed by atoms with van der Waals surface area (Å²) < 4.78 is 13.0. The Morgan fingerprint density at radius 2 is 1.70 bits per heavy atom. The standard InChI is InChI=1S/C18H20FN/c19-17-7-5-14(6-8-17)11-18(13-20)10-9-15-3-1-2-4-16(15)12-18/h1-8H,9-13,20H2. The van der Waals surface area contributed by atoms with Crippen LogP contribution in [0.5, 0.6) is 0 Å². The zero-order valence-electron chi connectivity index (χ0n) is 11.6. The fourth-order valence-electron chi connectivity index (χ4n) is 3.30. The van der Waals surface area contributed by atoms with Crippen molar-refractivity contribution in [1.82, 2.24) is 0 Å². The van der Waals surface area contributed by atoms with Gasteiger partial charge in [-0.2, -0.15) is 0 Å². The van der Waals surface area contributed by atoms with E-state index in [0.29, 0.717) is 6.54 Å². The van der Waals surface area contributed by atoms with Crippen molar-refractivity contribution in [1.29, 1.82) is 0 Å². The Morgan fingerprint density at radius 1 is 1.00 bits per heavy atom. The second kappa shape index (κ2) is 5.37. The van der Waals surface area contributed by atoms with Gasteiger partial charge in [-0.25, -0.2) is 4.39 Å². The smallest absolute Gasteiger partial charge is 0.123 e. The summed E-state index contributed by atoms with van der Waals surface area (Å²) in [6.07, 6.45) is 4.15. The van der Waals surface area contributed by atoms with Crippen molar-refractivity contribution in [2.75, 3.05) is 6.54 Å². The largest absolute Gasteiger partial charge is 0.330 e. The van der Waals surface area contributed by atoms with Crippen molar-refractivity contribution < 1.29 is 4.39 Å². The molecule has 1 unspecified atom stereocenters. The average molecular weight is 269 g/mol. The SMILES string of the molecule is NCC1(Cc2ccc(F)cc2)CCc2ccccc2C1. The van der Waals surface area contributed by atoms with E-state index >= 15 is 0 Å². The summed E-state index contributed by atoms with van der Waals surface area (Å²) >= 11 is 0. The van der Waals surface area contributed by atoms with Gasteiger partial charge in [0.2, 0.25) is 0 Å². The molecular weight excluding hydrogens is 249 g/mol. The van der Waals surface area contributed by atoms with Crippen molar-refractivity contribution in [2.24, 2.45) is 11.1 Å². The predicted molar refractivity (Wildman–Crippen MR) is 80.1 cm³/mol. The molecule has 0 bridgehead atoms. The van der Waals surface area contributed by atoms with Gasteiger partial charge in [0, 0.05) is 0 Å². The summed E-state index contributed by atoms with van der Waals surface area (Å²) in [6.45, 7) is 0.679. The molecule has 2 aromatic carbocycles. The van der Waals surface area contributed by atoms with Crippen LogP contribution in [0.4, 0.5) is 4.39 Å². The van der Waals surface area contributed by atoms with E-state index < -0.39 is 0 Å². The first-order chi connectivity index (χ1) is 9.71. The topological polar surface area (TPSA) is 26.0 Å². The summed E-state index contributed by atoms with van der Waals surface area (Å²) in [5.74, 6) is -0.176. The maximum atomic E-state index is 13.0. The van der Waals surface area contributed by atoms with Crippen molar-refractivity contribution in [2.45, 2.75) is 25.7 Å². The van der Waals surface area contributed by atoms with Gasteiger partial charge in [0.05, 0.1) is 0 Å². The second-order valence-electron chi connectivity index (χ2n) is 5.95. The molecule has 2 aromatic rings. The molecule has 0 heterocycles. The van der Waals surface area contributed by atoms with Gasteiger partial charge in [0.15, 0.2) is 0 Å². The van der Waals surface area contributed by atoms with Gasteiger partial charge in [-0.05, 0) is 66.5 Å². The van der Waals surface area contributed by atoms with E-state index in [9.17, 15) is 4.39 Å². The van der Waals surface area contributed by atoms with Gasteiger partial charge in [-0.3, -0.25) is 0 Å². The number of hydrogen-bond acceptors (Lipinski definition) is 1. The molecule has 3 rings (SSSR count). The summed E-state index contributed by atoms with van der Waals surface area (Å²) in [5, 5.41) is 0. The van der Waals surface area contributed by atoms with Crippen LogP contribution in [0.25, 0.3) is 0 Å². The molecule has 0 fully saturated rings. The number of nitrogens with two attached hydrogens (primary N) is 1. The molecule has 0 radical (unpaired) electrons. The van der Waals surface area contributed by atoms with Crippen molar-refractivity contribution in [3.63, 3.8) is 0 Å². The highest BCUT2D eigenvalue weighted by atomic mass is 19.1. The van der Waals surface area contributed by atoms with E-state index in [-0.39, 0.29) is 11.2 Å². The fourth-order valence-corrected chi connectivity index (χ4v) is 3.30. The minimum absolute atomic E-state index is 0.117. The van der Waals surface area contributed by atoms with Gasteiger partial charge in [0.25, 0.3) is 0 Å². The second-order valence-corrected chi connectivity index (χ2v) is 5.95. The van der Waals surface area contributed by atoms with Crippen LogP contribution in [0, 0.1) is 11.2 Å². The van der Waals surface area contributed by atoms with Crippen LogP contribution >= 0.6 is 0 Å². The molecule has 1 aliphatic rings. The highest BCUT2D eigenvalue weighted by molar-refractivity contribution is 5.32. The molecule has 1 nitrogen and oxygen atoms in total. The van der Waals surface area contributed by atoms with E-state index in [4.69, 9.17) is 5.73 Å². The van der Waals surface area contributed by atoms with E-state index in [0.717, 1.165) is 25.7 Å². The zero-order valence-corrected chi connectivity index (χ0v) is 11.6. The van der Waals surface area contributed by atoms with Gasteiger partial charge < -0.3 is 5.73 Å². The molecule has 0 saturated carbocycles. The summed E-state index contributed by atoms with van der Waals surface area (Å²) in [5.41, 5.74) is 10.3. The molecule has 1 atom stereocenters. The number of hydrogen-bond donors (Lipinski definition) is 1. The number of rotatable bonds is 3. The van der Waals surface area contributed by atoms with E-state index in [1.54, 1.807) is 0 Å². The maximum Gasteiger partial charge on any atom is 0.123 e. The quantitative estimate of drug-likeness (QED) is 0.906. The monoisotopic (exact) mass is 269 g/mol. The summed E-state index contributed by atoms with van der Waals surface area (Å²) in [4.78, 5) is 0. The van der Waals surface area contributed by atoms with Gasteiger partial charge in [-0.1, -0.05) is 36.4 Å². The molecule has 1 aliphatic carbocycles. The number of halogens is 1. The third-order valence-electron chi connectivity index (χ3n) is 4.53. The Morgan fingerprint density at radius 3 is 2.40 bits per heavy atom. The molecule has 0 aromatic heterocycles. The minimum Gasteiger partial charge on any atom is -0.330 e. The van der Waals surface area contributed by atoms with Gasteiger partial charge in [0.1, 0.15) is 5.82 Å². The molecule has 0 amide bonds. The lowest BCUT2D eigenvalue weighted by Crippen LogP contribution is -2.38. The Balaban J connectivity index is 1.84.